The van der Waals surface area contributed by atoms with Gasteiger partial charge in [-0.1, -0.05) is 181 Å². The van der Waals surface area contributed by atoms with Crippen LogP contribution in [0, 0.1) is 0 Å². The number of rotatable bonds is 6. The average molecular weight is 1030 g/mol. The number of hydrogen-bond donors (Lipinski definition) is 0. The van der Waals surface area contributed by atoms with Crippen molar-refractivity contribution in [3.05, 3.63) is 223 Å². The molecule has 2 aliphatic rings. The van der Waals surface area contributed by atoms with Gasteiger partial charge in [-0.15, -0.1) is 22.7 Å². The van der Waals surface area contributed by atoms with E-state index in [2.05, 4.69) is 264 Å². The number of furan rings is 2. The molecule has 0 N–H and O–H groups in total. The molecule has 0 aliphatic carbocycles. The molecule has 2 aliphatic heterocycles. The zero-order valence-electron chi connectivity index (χ0n) is 43.8. The second kappa shape index (κ2) is 17.1. The molecule has 0 amide bonds. The summed E-state index contributed by atoms with van der Waals surface area (Å²) in [5.41, 5.74) is 18.6. The van der Waals surface area contributed by atoms with Gasteiger partial charge in [0, 0.05) is 63.4 Å². The summed E-state index contributed by atoms with van der Waals surface area (Å²) in [5.74, 6) is 1.65. The summed E-state index contributed by atoms with van der Waals surface area (Å²) in [6.45, 7) is 13.6. The Bertz CT molecular complexity index is 4160. The fourth-order valence-corrected chi connectivity index (χ4v) is 14.2. The summed E-state index contributed by atoms with van der Waals surface area (Å²) in [6, 6.07) is 78.4. The van der Waals surface area contributed by atoms with Gasteiger partial charge in [0.1, 0.15) is 11.2 Å². The Hall–Kier alpha value is -8.36. The third-order valence-electron chi connectivity index (χ3n) is 16.0. The van der Waals surface area contributed by atoms with Gasteiger partial charge in [-0.2, -0.15) is 0 Å². The smallest absolute Gasteiger partial charge is 0.262 e. The number of thiophene rings is 2. The van der Waals surface area contributed by atoms with E-state index in [1.165, 1.54) is 46.5 Å². The molecule has 13 aromatic rings. The molecule has 0 saturated heterocycles. The Kier molecular flexibility index (Phi) is 10.2. The molecule has 0 saturated carbocycles. The minimum atomic E-state index is -0.261. The molecule has 0 fully saturated rings. The Balaban J connectivity index is 1.07. The van der Waals surface area contributed by atoms with Crippen molar-refractivity contribution in [1.29, 1.82) is 0 Å². The molecule has 0 unspecified atom stereocenters. The van der Waals surface area contributed by atoms with Gasteiger partial charge in [-0.3, -0.25) is 9.80 Å². The van der Waals surface area contributed by atoms with E-state index in [1.54, 1.807) is 0 Å². The van der Waals surface area contributed by atoms with Crippen molar-refractivity contribution in [2.24, 2.45) is 0 Å². The molecule has 370 valence electrons. The van der Waals surface area contributed by atoms with Crippen molar-refractivity contribution in [1.82, 2.24) is 0 Å². The summed E-state index contributed by atoms with van der Waals surface area (Å²) in [7, 11) is 0. The third kappa shape index (κ3) is 7.31. The standard InChI is InChI=1S/C70H53BN2O2S2/c1-69(2,3)48-30-34-58-52(40-48)64-67(74-58)72(56-36-46(28-32-50(56)42-18-9-7-10-19-42)62-38-44-22-13-15-26-60(44)76-62)54-24-17-25-55-66(54)71(64)65-53-41-49(70(4,5)6)31-35-59(53)75-68(65)73(55)57-37-47(29-33-51(57)43-20-11-8-12-21-43)63-39-45-23-14-16-27-61(45)77-63/h7-41H,1-6H3. The van der Waals surface area contributed by atoms with E-state index in [1.807, 2.05) is 22.7 Å². The number of anilines is 6. The molecule has 0 spiro atoms. The number of nitrogens with zero attached hydrogens (tertiary/aromatic N) is 2. The molecule has 77 heavy (non-hydrogen) atoms. The fraction of sp³-hybridized carbons (Fsp3) is 0.114. The van der Waals surface area contributed by atoms with E-state index >= 15 is 0 Å². The maximum absolute atomic E-state index is 7.51. The number of benzene rings is 9. The molecule has 15 rings (SSSR count). The Morgan fingerprint density at radius 1 is 0.364 bits per heavy atom. The SMILES string of the molecule is CC(C)(C)c1ccc2oc3c(c2c1)B1c2c(cccc2N(c2cc(-c4cc5ccccc5s4)ccc2-c2ccccc2)c2oc4ccc(C(C)(C)C)cc4c21)N3c1cc(-c2cc3ccccc3s2)ccc1-c1ccccc1. The van der Waals surface area contributed by atoms with E-state index in [-0.39, 0.29) is 17.5 Å². The van der Waals surface area contributed by atoms with Crippen molar-refractivity contribution in [2.45, 2.75) is 52.4 Å². The van der Waals surface area contributed by atoms with Crippen LogP contribution in [0.3, 0.4) is 0 Å². The summed E-state index contributed by atoms with van der Waals surface area (Å²) >= 11 is 3.68. The molecular weight excluding hydrogens is 976 g/mol. The van der Waals surface area contributed by atoms with Gasteiger partial charge < -0.3 is 8.83 Å². The van der Waals surface area contributed by atoms with Gasteiger partial charge in [-0.05, 0) is 133 Å². The topological polar surface area (TPSA) is 32.8 Å². The lowest BCUT2D eigenvalue weighted by Crippen LogP contribution is -2.60. The first-order valence-electron chi connectivity index (χ1n) is 26.7. The van der Waals surface area contributed by atoms with Gasteiger partial charge in [0.2, 0.25) is 11.8 Å². The molecule has 4 aromatic heterocycles. The highest BCUT2D eigenvalue weighted by Gasteiger charge is 2.49. The largest absolute Gasteiger partial charge is 0.440 e. The summed E-state index contributed by atoms with van der Waals surface area (Å²) in [4.78, 5) is 7.36. The monoisotopic (exact) mass is 1030 g/mol. The van der Waals surface area contributed by atoms with Gasteiger partial charge in [0.15, 0.2) is 0 Å². The van der Waals surface area contributed by atoms with Crippen molar-refractivity contribution < 1.29 is 8.83 Å². The molecule has 9 aromatic carbocycles. The molecule has 6 heterocycles. The minimum absolute atomic E-state index is 0.111. The highest BCUT2D eigenvalue weighted by molar-refractivity contribution is 7.22. The van der Waals surface area contributed by atoms with Crippen LogP contribution in [-0.4, -0.2) is 6.71 Å². The van der Waals surface area contributed by atoms with Crippen LogP contribution in [0.2, 0.25) is 0 Å². The predicted octanol–water partition coefficient (Wildman–Crippen LogP) is 19.0. The van der Waals surface area contributed by atoms with Crippen molar-refractivity contribution >= 4 is 122 Å². The van der Waals surface area contributed by atoms with Gasteiger partial charge in [0.25, 0.3) is 6.71 Å². The van der Waals surface area contributed by atoms with Gasteiger partial charge >= 0.3 is 0 Å². The van der Waals surface area contributed by atoms with Crippen LogP contribution in [0.5, 0.6) is 0 Å². The van der Waals surface area contributed by atoms with Gasteiger partial charge in [0.05, 0.1) is 11.4 Å². The van der Waals surface area contributed by atoms with Crippen LogP contribution < -0.4 is 26.2 Å². The van der Waals surface area contributed by atoms with Crippen molar-refractivity contribution in [3.8, 4) is 43.1 Å². The first-order chi connectivity index (χ1) is 37.4. The predicted molar refractivity (Wildman–Crippen MR) is 330 cm³/mol. The Labute approximate surface area is 457 Å². The van der Waals surface area contributed by atoms with Crippen LogP contribution in [0.25, 0.3) is 85.2 Å². The summed E-state index contributed by atoms with van der Waals surface area (Å²) in [6.07, 6.45) is 0. The zero-order chi connectivity index (χ0) is 51.9. The molecule has 0 radical (unpaired) electrons. The zero-order valence-corrected chi connectivity index (χ0v) is 45.4. The van der Waals surface area contributed by atoms with Gasteiger partial charge in [-0.25, -0.2) is 0 Å². The van der Waals surface area contributed by atoms with Crippen LogP contribution in [-0.2, 0) is 10.8 Å². The average Bonchev–Trinajstić information content (AvgIpc) is 4.36. The Morgan fingerprint density at radius 2 is 0.792 bits per heavy atom. The second-order valence-electron chi connectivity index (χ2n) is 22.9. The molecule has 0 bridgehead atoms. The molecule has 7 heteroatoms. The van der Waals surface area contributed by atoms with Crippen molar-refractivity contribution in [2.75, 3.05) is 9.80 Å². The number of fused-ring (bicyclic) bond motifs is 10. The van der Waals surface area contributed by atoms with Crippen LogP contribution in [0.15, 0.2) is 221 Å². The van der Waals surface area contributed by atoms with Crippen LogP contribution in [0.1, 0.15) is 52.7 Å². The van der Waals surface area contributed by atoms with E-state index in [0.29, 0.717) is 0 Å². The maximum Gasteiger partial charge on any atom is 0.262 e. The minimum Gasteiger partial charge on any atom is -0.440 e. The Morgan fingerprint density at radius 3 is 1.22 bits per heavy atom. The lowest BCUT2D eigenvalue weighted by Gasteiger charge is -2.41. The number of hydrogen-bond acceptors (Lipinski definition) is 6. The molecule has 0 atom stereocenters. The summed E-state index contributed by atoms with van der Waals surface area (Å²) < 4.78 is 17.6. The first kappa shape index (κ1) is 46.0. The van der Waals surface area contributed by atoms with E-state index < -0.39 is 0 Å². The lowest BCUT2D eigenvalue weighted by molar-refractivity contribution is 0.589. The fourth-order valence-electron chi connectivity index (χ4n) is 12.1. The molecular formula is C70H53BN2O2S2. The highest BCUT2D eigenvalue weighted by Crippen LogP contribution is 2.52. The third-order valence-corrected chi connectivity index (χ3v) is 18.4. The second-order valence-corrected chi connectivity index (χ2v) is 25.0. The van der Waals surface area contributed by atoms with Crippen molar-refractivity contribution in [3.63, 3.8) is 0 Å². The van der Waals surface area contributed by atoms with E-state index in [0.717, 1.165) is 101 Å². The highest BCUT2D eigenvalue weighted by atomic mass is 32.1. The molecule has 4 nitrogen and oxygen atoms in total. The lowest BCUT2D eigenvalue weighted by atomic mass is 9.33. The van der Waals surface area contributed by atoms with Crippen LogP contribution >= 0.6 is 22.7 Å². The van der Waals surface area contributed by atoms with Crippen LogP contribution in [0.4, 0.5) is 34.5 Å². The summed E-state index contributed by atoms with van der Waals surface area (Å²) in [5, 5.41) is 4.72. The first-order valence-corrected chi connectivity index (χ1v) is 28.3. The maximum atomic E-state index is 7.51. The van der Waals surface area contributed by atoms with E-state index in [4.69, 9.17) is 8.83 Å². The quantitative estimate of drug-likeness (QED) is 0.155. The normalized spacial score (nSPS) is 13.2. The van der Waals surface area contributed by atoms with E-state index in [9.17, 15) is 0 Å².